The number of hydrogen-bond donors (Lipinski definition) is 0. The van der Waals surface area contributed by atoms with Crippen molar-refractivity contribution < 1.29 is 14.3 Å². The second kappa shape index (κ2) is 4.38. The van der Waals surface area contributed by atoms with Crippen molar-refractivity contribution in [1.82, 2.24) is 9.97 Å². The zero-order chi connectivity index (χ0) is 14.4. The lowest BCUT2D eigenvalue weighted by atomic mass is 9.87. The molecule has 1 aliphatic rings. The highest BCUT2D eigenvalue weighted by molar-refractivity contribution is 6.38. The van der Waals surface area contributed by atoms with Crippen LogP contribution in [0.25, 0.3) is 0 Å². The Morgan fingerprint density at radius 3 is 2.50 bits per heavy atom. The Labute approximate surface area is 119 Å². The second-order valence-electron chi connectivity index (χ2n) is 4.35. The Morgan fingerprint density at radius 1 is 1.10 bits per heavy atom. The SMILES string of the molecule is COc1cnc2c(c1C)C(=O)c1c(Cl)ccnc1C2=O. The van der Waals surface area contributed by atoms with Gasteiger partial charge in [0.05, 0.1) is 29.5 Å². The number of pyridine rings is 2. The van der Waals surface area contributed by atoms with Crippen molar-refractivity contribution >= 4 is 23.2 Å². The second-order valence-corrected chi connectivity index (χ2v) is 4.76. The first-order valence-electron chi connectivity index (χ1n) is 5.83. The first-order chi connectivity index (χ1) is 9.56. The Hall–Kier alpha value is -2.27. The smallest absolute Gasteiger partial charge is 0.231 e. The summed E-state index contributed by atoms with van der Waals surface area (Å²) in [6.07, 6.45) is 2.82. The molecular weight excluding hydrogens is 280 g/mol. The minimum Gasteiger partial charge on any atom is -0.495 e. The van der Waals surface area contributed by atoms with Crippen LogP contribution in [0.3, 0.4) is 0 Å². The Kier molecular flexibility index (Phi) is 2.79. The summed E-state index contributed by atoms with van der Waals surface area (Å²) in [5.74, 6) is -0.298. The Balaban J connectivity index is 2.36. The molecule has 0 atom stereocenters. The fourth-order valence-corrected chi connectivity index (χ4v) is 2.54. The molecule has 3 rings (SSSR count). The quantitative estimate of drug-likeness (QED) is 0.687. The predicted molar refractivity (Wildman–Crippen MR) is 71.6 cm³/mol. The van der Waals surface area contributed by atoms with Gasteiger partial charge in [-0.1, -0.05) is 11.6 Å². The van der Waals surface area contributed by atoms with Gasteiger partial charge in [0, 0.05) is 11.8 Å². The van der Waals surface area contributed by atoms with E-state index >= 15 is 0 Å². The van der Waals surface area contributed by atoms with Gasteiger partial charge in [0.1, 0.15) is 17.1 Å². The first kappa shape index (κ1) is 12.7. The third kappa shape index (κ3) is 1.56. The normalized spacial score (nSPS) is 12.9. The average Bonchev–Trinajstić information content (AvgIpc) is 2.44. The summed E-state index contributed by atoms with van der Waals surface area (Å²) in [4.78, 5) is 33.0. The number of aromatic nitrogens is 2. The Bertz CT molecular complexity index is 771. The van der Waals surface area contributed by atoms with E-state index < -0.39 is 5.78 Å². The van der Waals surface area contributed by atoms with Gasteiger partial charge in [-0.25, -0.2) is 4.98 Å². The number of carbonyl (C=O) groups excluding carboxylic acids is 2. The van der Waals surface area contributed by atoms with Crippen LogP contribution in [0.1, 0.15) is 37.7 Å². The summed E-state index contributed by atoms with van der Waals surface area (Å²) in [6, 6.07) is 1.49. The number of ether oxygens (including phenoxy) is 1. The molecule has 20 heavy (non-hydrogen) atoms. The van der Waals surface area contributed by atoms with E-state index in [4.69, 9.17) is 16.3 Å². The molecule has 0 fully saturated rings. The van der Waals surface area contributed by atoms with Gasteiger partial charge in [0.2, 0.25) is 5.78 Å². The molecule has 0 spiro atoms. The van der Waals surface area contributed by atoms with Crippen molar-refractivity contribution in [1.29, 1.82) is 0 Å². The van der Waals surface area contributed by atoms with E-state index in [0.717, 1.165) is 0 Å². The number of carbonyl (C=O) groups is 2. The van der Waals surface area contributed by atoms with Crippen LogP contribution >= 0.6 is 11.6 Å². The summed E-state index contributed by atoms with van der Waals surface area (Å²) in [5.41, 5.74) is 1.07. The number of halogens is 1. The molecule has 5 nitrogen and oxygen atoms in total. The molecule has 0 bridgehead atoms. The zero-order valence-electron chi connectivity index (χ0n) is 10.7. The lowest BCUT2D eigenvalue weighted by molar-refractivity contribution is 0.0970. The standard InChI is InChI=1S/C14H9ClN2O3/c1-6-8(20-2)5-17-11-9(6)13(18)10-7(15)3-4-16-12(10)14(11)19/h3-5H,1-2H3. The minimum atomic E-state index is -0.400. The average molecular weight is 289 g/mol. The number of methoxy groups -OCH3 is 1. The van der Waals surface area contributed by atoms with Crippen molar-refractivity contribution in [3.8, 4) is 5.75 Å². The van der Waals surface area contributed by atoms with Gasteiger partial charge in [-0.05, 0) is 13.0 Å². The van der Waals surface area contributed by atoms with Crippen LogP contribution < -0.4 is 4.74 Å². The molecule has 0 saturated carbocycles. The van der Waals surface area contributed by atoms with Crippen molar-refractivity contribution in [3.05, 3.63) is 51.6 Å². The number of rotatable bonds is 1. The first-order valence-corrected chi connectivity index (χ1v) is 6.21. The summed E-state index contributed by atoms with van der Waals surface area (Å²) < 4.78 is 5.14. The van der Waals surface area contributed by atoms with E-state index in [2.05, 4.69) is 9.97 Å². The van der Waals surface area contributed by atoms with E-state index in [9.17, 15) is 9.59 Å². The number of hydrogen-bond acceptors (Lipinski definition) is 5. The largest absolute Gasteiger partial charge is 0.495 e. The van der Waals surface area contributed by atoms with Gasteiger partial charge in [0.15, 0.2) is 5.78 Å². The van der Waals surface area contributed by atoms with Gasteiger partial charge < -0.3 is 4.74 Å². The molecule has 0 unspecified atom stereocenters. The van der Waals surface area contributed by atoms with Crippen LogP contribution in [0, 0.1) is 6.92 Å². The summed E-state index contributed by atoms with van der Waals surface area (Å²) in [5, 5.41) is 0.209. The highest BCUT2D eigenvalue weighted by atomic mass is 35.5. The van der Waals surface area contributed by atoms with Crippen LogP contribution in [-0.2, 0) is 0 Å². The molecule has 2 heterocycles. The molecule has 0 radical (unpaired) electrons. The predicted octanol–water partition coefficient (Wildman–Crippen LogP) is 2.22. The Morgan fingerprint density at radius 2 is 1.80 bits per heavy atom. The monoisotopic (exact) mass is 288 g/mol. The molecule has 0 aromatic carbocycles. The third-order valence-corrected chi connectivity index (χ3v) is 3.61. The van der Waals surface area contributed by atoms with Crippen LogP contribution in [0.2, 0.25) is 5.02 Å². The molecule has 0 saturated heterocycles. The fourth-order valence-electron chi connectivity index (χ4n) is 2.30. The van der Waals surface area contributed by atoms with E-state index in [1.165, 1.54) is 25.6 Å². The molecular formula is C14H9ClN2O3. The molecule has 2 aromatic rings. The van der Waals surface area contributed by atoms with E-state index in [-0.39, 0.29) is 33.3 Å². The summed E-state index contributed by atoms with van der Waals surface area (Å²) >= 11 is 6.03. The van der Waals surface area contributed by atoms with Crippen molar-refractivity contribution in [3.63, 3.8) is 0 Å². The van der Waals surface area contributed by atoms with Gasteiger partial charge in [-0.15, -0.1) is 0 Å². The molecule has 6 heteroatoms. The third-order valence-electron chi connectivity index (χ3n) is 3.30. The maximum atomic E-state index is 12.6. The lowest BCUT2D eigenvalue weighted by Gasteiger charge is -2.19. The summed E-state index contributed by atoms with van der Waals surface area (Å²) in [7, 11) is 1.48. The molecule has 2 aromatic heterocycles. The molecule has 1 aliphatic carbocycles. The van der Waals surface area contributed by atoms with E-state index in [1.54, 1.807) is 6.92 Å². The number of ketones is 2. The van der Waals surface area contributed by atoms with Crippen LogP contribution in [0.15, 0.2) is 18.5 Å². The molecule has 0 aliphatic heterocycles. The zero-order valence-corrected chi connectivity index (χ0v) is 11.5. The maximum absolute atomic E-state index is 12.6. The maximum Gasteiger partial charge on any atom is 0.231 e. The molecule has 100 valence electrons. The molecule has 0 amide bonds. The van der Waals surface area contributed by atoms with Crippen LogP contribution in [0.5, 0.6) is 5.75 Å². The highest BCUT2D eigenvalue weighted by Gasteiger charge is 2.35. The number of nitrogens with zero attached hydrogens (tertiary/aromatic N) is 2. The van der Waals surface area contributed by atoms with Gasteiger partial charge in [-0.2, -0.15) is 0 Å². The van der Waals surface area contributed by atoms with E-state index in [0.29, 0.717) is 11.3 Å². The van der Waals surface area contributed by atoms with Crippen LogP contribution in [-0.4, -0.2) is 28.6 Å². The summed E-state index contributed by atoms with van der Waals surface area (Å²) in [6.45, 7) is 1.71. The molecule has 0 N–H and O–H groups in total. The van der Waals surface area contributed by atoms with Crippen LogP contribution in [0.4, 0.5) is 0 Å². The highest BCUT2D eigenvalue weighted by Crippen LogP contribution is 2.33. The van der Waals surface area contributed by atoms with Crippen molar-refractivity contribution in [2.24, 2.45) is 0 Å². The number of fused-ring (bicyclic) bond motifs is 2. The van der Waals surface area contributed by atoms with Crippen molar-refractivity contribution in [2.75, 3.05) is 7.11 Å². The lowest BCUT2D eigenvalue weighted by Crippen LogP contribution is -2.25. The van der Waals surface area contributed by atoms with Gasteiger partial charge in [0.25, 0.3) is 0 Å². The van der Waals surface area contributed by atoms with E-state index in [1.807, 2.05) is 0 Å². The van der Waals surface area contributed by atoms with Gasteiger partial charge in [-0.3, -0.25) is 14.6 Å². The topological polar surface area (TPSA) is 69.2 Å². The van der Waals surface area contributed by atoms with Crippen molar-refractivity contribution in [2.45, 2.75) is 6.92 Å². The minimum absolute atomic E-state index is 0.0482. The fraction of sp³-hybridized carbons (Fsp3) is 0.143. The van der Waals surface area contributed by atoms with Gasteiger partial charge >= 0.3 is 0 Å².